The van der Waals surface area contributed by atoms with Gasteiger partial charge in [0.15, 0.2) is 0 Å². The molecule has 3 unspecified atom stereocenters. The smallest absolute Gasteiger partial charge is 0.282 e. The minimum atomic E-state index is -3.48. The van der Waals surface area contributed by atoms with Crippen LogP contribution in [0.25, 0.3) is 0 Å². The maximum absolute atomic E-state index is 12.8. The molecule has 0 bridgehead atoms. The van der Waals surface area contributed by atoms with Crippen LogP contribution >= 0.6 is 0 Å². The van der Waals surface area contributed by atoms with E-state index in [4.69, 9.17) is 15.2 Å². The average Bonchev–Trinajstić information content (AvgIpc) is 2.91. The van der Waals surface area contributed by atoms with Gasteiger partial charge in [0.25, 0.3) is 10.2 Å². The Morgan fingerprint density at radius 3 is 2.25 bits per heavy atom. The van der Waals surface area contributed by atoms with E-state index < -0.39 is 10.2 Å². The van der Waals surface area contributed by atoms with Crippen LogP contribution in [0.2, 0.25) is 0 Å². The summed E-state index contributed by atoms with van der Waals surface area (Å²) in [5, 5.41) is 0. The minimum Gasteiger partial charge on any atom is -0.377 e. The molecule has 0 aromatic heterocycles. The minimum absolute atomic E-state index is 0.0867. The summed E-state index contributed by atoms with van der Waals surface area (Å²) < 4.78 is 39.2. The molecule has 0 aromatic carbocycles. The Kier molecular flexibility index (Phi) is 5.38. The first kappa shape index (κ1) is 16.1. The largest absolute Gasteiger partial charge is 0.377 e. The number of rotatable bonds is 5. The average molecular weight is 307 g/mol. The molecule has 2 aliphatic rings. The van der Waals surface area contributed by atoms with Crippen molar-refractivity contribution in [3.8, 4) is 0 Å². The molecule has 2 aliphatic heterocycles. The Balaban J connectivity index is 2.14. The summed E-state index contributed by atoms with van der Waals surface area (Å²) in [5.41, 5.74) is 5.72. The van der Waals surface area contributed by atoms with Crippen molar-refractivity contribution in [2.45, 2.75) is 37.5 Å². The first-order valence-corrected chi connectivity index (χ1v) is 8.46. The Morgan fingerprint density at radius 1 is 1.15 bits per heavy atom. The number of hydrogen-bond acceptors (Lipinski definition) is 5. The topological polar surface area (TPSA) is 85.1 Å². The van der Waals surface area contributed by atoms with E-state index >= 15 is 0 Å². The van der Waals surface area contributed by atoms with Gasteiger partial charge in [0.2, 0.25) is 0 Å². The van der Waals surface area contributed by atoms with E-state index in [1.807, 2.05) is 0 Å². The summed E-state index contributed by atoms with van der Waals surface area (Å²) in [4.78, 5) is 0. The zero-order valence-electron chi connectivity index (χ0n) is 12.2. The second-order valence-corrected chi connectivity index (χ2v) is 7.25. The first-order chi connectivity index (χ1) is 9.54. The fraction of sp³-hybridized carbons (Fsp3) is 1.00. The number of ether oxygens (including phenoxy) is 2. The van der Waals surface area contributed by atoms with Gasteiger partial charge < -0.3 is 15.2 Å². The van der Waals surface area contributed by atoms with E-state index in [-0.39, 0.29) is 18.2 Å². The molecule has 8 heteroatoms. The molecule has 3 atom stereocenters. The zero-order valence-corrected chi connectivity index (χ0v) is 13.0. The van der Waals surface area contributed by atoms with Crippen molar-refractivity contribution in [3.63, 3.8) is 0 Å². The van der Waals surface area contributed by atoms with Crippen molar-refractivity contribution < 1.29 is 17.9 Å². The van der Waals surface area contributed by atoms with E-state index in [1.54, 1.807) is 18.5 Å². The van der Waals surface area contributed by atoms with Gasteiger partial charge in [-0.15, -0.1) is 0 Å². The molecule has 7 nitrogen and oxygen atoms in total. The predicted molar refractivity (Wildman–Crippen MR) is 75.5 cm³/mol. The first-order valence-electron chi connectivity index (χ1n) is 7.07. The third-order valence-corrected chi connectivity index (χ3v) is 6.28. The fourth-order valence-electron chi connectivity index (χ4n) is 3.01. The second-order valence-electron chi connectivity index (χ2n) is 5.37. The van der Waals surface area contributed by atoms with Gasteiger partial charge in [0.05, 0.1) is 12.2 Å². The Hall–Kier alpha value is -0.250. The highest BCUT2D eigenvalue weighted by Crippen LogP contribution is 2.26. The molecule has 118 valence electrons. The summed E-state index contributed by atoms with van der Waals surface area (Å²) >= 11 is 0. The highest BCUT2D eigenvalue weighted by molar-refractivity contribution is 7.86. The van der Waals surface area contributed by atoms with Crippen LogP contribution in [-0.4, -0.2) is 75.7 Å². The summed E-state index contributed by atoms with van der Waals surface area (Å²) in [6.45, 7) is 1.60. The summed E-state index contributed by atoms with van der Waals surface area (Å²) in [6.07, 6.45) is 2.34. The number of nitrogens with two attached hydrogens (primary N) is 1. The van der Waals surface area contributed by atoms with Crippen molar-refractivity contribution in [1.82, 2.24) is 8.61 Å². The van der Waals surface area contributed by atoms with Crippen LogP contribution in [0.1, 0.15) is 19.3 Å². The van der Waals surface area contributed by atoms with Crippen LogP contribution in [0.5, 0.6) is 0 Å². The number of piperidine rings is 1. The van der Waals surface area contributed by atoms with Gasteiger partial charge in [-0.2, -0.15) is 17.0 Å². The highest BCUT2D eigenvalue weighted by Gasteiger charge is 2.43. The third kappa shape index (κ3) is 3.00. The molecule has 0 aliphatic carbocycles. The number of nitrogens with zero attached hydrogens (tertiary/aromatic N) is 2. The monoisotopic (exact) mass is 307 g/mol. The van der Waals surface area contributed by atoms with Crippen molar-refractivity contribution >= 4 is 10.2 Å². The molecule has 2 rings (SSSR count). The molecule has 0 spiro atoms. The Labute approximate surface area is 121 Å². The van der Waals surface area contributed by atoms with Gasteiger partial charge >= 0.3 is 0 Å². The second kappa shape index (κ2) is 6.67. The standard InChI is InChI=1S/C12H25N3O4S/c1-18-11-8-14(9-12(11)19-2)20(16,17)15-6-4-3-5-10(15)7-13/h10-12H,3-9,13H2,1-2H3. The quantitative estimate of drug-likeness (QED) is 0.732. The van der Waals surface area contributed by atoms with E-state index in [1.165, 1.54) is 4.31 Å². The van der Waals surface area contributed by atoms with Gasteiger partial charge in [-0.25, -0.2) is 0 Å². The van der Waals surface area contributed by atoms with Crippen LogP contribution in [0.3, 0.4) is 0 Å². The molecular formula is C12H25N3O4S. The molecule has 0 aromatic rings. The van der Waals surface area contributed by atoms with Gasteiger partial charge in [0, 0.05) is 46.4 Å². The molecule has 2 fully saturated rings. The van der Waals surface area contributed by atoms with Crippen molar-refractivity contribution in [1.29, 1.82) is 0 Å². The van der Waals surface area contributed by atoms with Crippen LogP contribution in [0.4, 0.5) is 0 Å². The summed E-state index contributed by atoms with van der Waals surface area (Å²) in [5.74, 6) is 0. The molecular weight excluding hydrogens is 282 g/mol. The zero-order chi connectivity index (χ0) is 14.8. The molecule has 2 N–H and O–H groups in total. The SMILES string of the molecule is COC1CN(S(=O)(=O)N2CCCCC2CN)CC1OC. The third-order valence-electron chi connectivity index (χ3n) is 4.26. The molecule has 0 amide bonds. The molecule has 20 heavy (non-hydrogen) atoms. The lowest BCUT2D eigenvalue weighted by Gasteiger charge is -2.36. The predicted octanol–water partition coefficient (Wildman–Crippen LogP) is -0.610. The van der Waals surface area contributed by atoms with Crippen LogP contribution in [-0.2, 0) is 19.7 Å². The van der Waals surface area contributed by atoms with Gasteiger partial charge in [-0.1, -0.05) is 6.42 Å². The van der Waals surface area contributed by atoms with E-state index in [0.29, 0.717) is 26.2 Å². The Bertz CT molecular complexity index is 405. The number of hydrogen-bond donors (Lipinski definition) is 1. The lowest BCUT2D eigenvalue weighted by molar-refractivity contribution is -0.00461. The van der Waals surface area contributed by atoms with Gasteiger partial charge in [-0.3, -0.25) is 0 Å². The van der Waals surface area contributed by atoms with Gasteiger partial charge in [0.1, 0.15) is 0 Å². The lowest BCUT2D eigenvalue weighted by Crippen LogP contribution is -2.52. The van der Waals surface area contributed by atoms with Crippen molar-refractivity contribution in [2.75, 3.05) is 40.4 Å². The van der Waals surface area contributed by atoms with E-state index in [9.17, 15) is 8.42 Å². The van der Waals surface area contributed by atoms with E-state index in [0.717, 1.165) is 19.3 Å². The van der Waals surface area contributed by atoms with Crippen LogP contribution < -0.4 is 5.73 Å². The molecule has 2 saturated heterocycles. The fourth-order valence-corrected chi connectivity index (χ4v) is 4.91. The van der Waals surface area contributed by atoms with Crippen molar-refractivity contribution in [2.24, 2.45) is 5.73 Å². The van der Waals surface area contributed by atoms with Crippen molar-refractivity contribution in [3.05, 3.63) is 0 Å². The van der Waals surface area contributed by atoms with Crippen LogP contribution in [0.15, 0.2) is 0 Å². The molecule has 0 saturated carbocycles. The molecule has 0 radical (unpaired) electrons. The van der Waals surface area contributed by atoms with Gasteiger partial charge in [-0.05, 0) is 12.8 Å². The van der Waals surface area contributed by atoms with E-state index in [2.05, 4.69) is 0 Å². The highest BCUT2D eigenvalue weighted by atomic mass is 32.2. The Morgan fingerprint density at radius 2 is 1.75 bits per heavy atom. The maximum atomic E-state index is 12.8. The lowest BCUT2D eigenvalue weighted by atomic mass is 10.1. The van der Waals surface area contributed by atoms with Crippen LogP contribution in [0, 0.1) is 0 Å². The number of methoxy groups -OCH3 is 2. The summed E-state index contributed by atoms with van der Waals surface area (Å²) in [7, 11) is -0.323. The normalized spacial score (nSPS) is 33.6. The maximum Gasteiger partial charge on any atom is 0.282 e. The summed E-state index contributed by atoms with van der Waals surface area (Å²) in [6, 6.07) is -0.0867. The molecule has 2 heterocycles.